The Kier molecular flexibility index (Phi) is 7.80. The van der Waals surface area contributed by atoms with Gasteiger partial charge in [-0.3, -0.25) is 4.79 Å². The van der Waals surface area contributed by atoms with Crippen molar-refractivity contribution >= 4 is 16.9 Å². The number of nitrogens with zero attached hydrogens (tertiary/aromatic N) is 5. The summed E-state index contributed by atoms with van der Waals surface area (Å²) in [5.74, 6) is 0.143. The molecule has 1 fully saturated rings. The molecule has 0 atom stereocenters. The first-order valence-corrected chi connectivity index (χ1v) is 16.5. The third kappa shape index (κ3) is 5.60. The van der Waals surface area contributed by atoms with Gasteiger partial charge in [-0.1, -0.05) is 0 Å². The Balaban J connectivity index is 1.28. The maximum absolute atomic E-state index is 14.3. The van der Waals surface area contributed by atoms with Crippen LogP contribution in [-0.2, 0) is 13.0 Å². The summed E-state index contributed by atoms with van der Waals surface area (Å²) in [4.78, 5) is 49.2. The molecule has 1 saturated carbocycles. The van der Waals surface area contributed by atoms with E-state index in [4.69, 9.17) is 0 Å². The van der Waals surface area contributed by atoms with E-state index in [1.807, 2.05) is 24.4 Å². The predicted octanol–water partition coefficient (Wildman–Crippen LogP) is 0.800. The molecule has 1 aromatic carbocycles. The van der Waals surface area contributed by atoms with E-state index in [9.17, 15) is 18.8 Å². The van der Waals surface area contributed by atoms with Gasteiger partial charge >= 0.3 is 190 Å². The van der Waals surface area contributed by atoms with E-state index in [0.29, 0.717) is 41.0 Å². The average molecular weight is 672 g/mol. The van der Waals surface area contributed by atoms with Crippen LogP contribution in [0.15, 0.2) is 52.3 Å². The summed E-state index contributed by atoms with van der Waals surface area (Å²) in [6, 6.07) is 8.50. The van der Waals surface area contributed by atoms with Gasteiger partial charge in [-0.05, 0) is 12.8 Å². The Morgan fingerprint density at radius 1 is 1.12 bits per heavy atom. The van der Waals surface area contributed by atoms with Gasteiger partial charge in [0.1, 0.15) is 11.5 Å². The molecule has 4 aromatic rings. The molecule has 4 heterocycles. The van der Waals surface area contributed by atoms with Crippen LogP contribution < -0.4 is 37.8 Å². The number of hydrogen-bond donors (Lipinski definition) is 1. The quantitative estimate of drug-likeness (QED) is 0.242. The number of fused-ring (bicyclic) bond motifs is 2. The number of aromatic nitrogens is 5. The van der Waals surface area contributed by atoms with Crippen LogP contribution >= 0.6 is 0 Å². The number of pyridine rings is 1. The van der Waals surface area contributed by atoms with Crippen LogP contribution in [0.2, 0.25) is 0 Å². The molecule has 1 aliphatic heterocycles. The van der Waals surface area contributed by atoms with Crippen molar-refractivity contribution in [2.75, 3.05) is 0 Å². The number of carbonyl (C=O) groups is 1. The normalized spacial score (nSPS) is 19.0. The van der Waals surface area contributed by atoms with Gasteiger partial charge in [0.2, 0.25) is 0 Å². The van der Waals surface area contributed by atoms with E-state index < -0.39 is 17.1 Å². The summed E-state index contributed by atoms with van der Waals surface area (Å²) in [6.45, 7) is 5.24. The van der Waals surface area contributed by atoms with E-state index in [-0.39, 0.29) is 50.2 Å². The van der Waals surface area contributed by atoms with Gasteiger partial charge in [0.25, 0.3) is 0 Å². The average Bonchev–Trinajstić information content (AvgIpc) is 3.39. The van der Waals surface area contributed by atoms with Gasteiger partial charge in [0, 0.05) is 19.2 Å². The standard InChI is InChI=1S/C30H33FIN6O3/c1-18(2)32-20-6-5-7-23(15-20)37-27-24(14-19(31)16-33-27)29(40)38(30(37)41)22-11-9-21(10-12-22)34-28(39)25-17-36-13-4-3-8-26(36)35-25/h5-7,14-18,21-22H,3-4,8-13H2,1-2H3,(H,34,39)/q-1. The molecule has 41 heavy (non-hydrogen) atoms. The number of imidazole rings is 1. The summed E-state index contributed by atoms with van der Waals surface area (Å²) in [5.41, 5.74) is 0.206. The van der Waals surface area contributed by atoms with Crippen molar-refractivity contribution in [3.63, 3.8) is 0 Å². The number of halogens is 2. The minimum atomic E-state index is -0.627. The van der Waals surface area contributed by atoms with Crippen molar-refractivity contribution in [3.8, 4) is 5.69 Å². The van der Waals surface area contributed by atoms with Gasteiger partial charge in [-0.15, -0.1) is 0 Å². The SMILES string of the molecule is CC(C)[I-]c1cccc(-n2c(=O)n(C3CCC(NC(=O)c4cn5c(n4)CCCC5)CC3)c(=O)c3cc(F)cnc32)c1. The number of nitrogens with one attached hydrogen (secondary N) is 1. The molecule has 0 bridgehead atoms. The molecule has 0 unspecified atom stereocenters. The first kappa shape index (κ1) is 27.8. The molecule has 2 aliphatic rings. The predicted molar refractivity (Wildman–Crippen MR) is 149 cm³/mol. The zero-order chi connectivity index (χ0) is 28.7. The molecule has 0 saturated heterocycles. The van der Waals surface area contributed by atoms with Crippen LogP contribution in [-0.4, -0.2) is 39.5 Å². The van der Waals surface area contributed by atoms with Gasteiger partial charge in [0.05, 0.1) is 0 Å². The summed E-state index contributed by atoms with van der Waals surface area (Å²) in [5, 5.41) is 3.18. The Morgan fingerprint density at radius 2 is 1.93 bits per heavy atom. The first-order chi connectivity index (χ1) is 19.8. The molecule has 11 heteroatoms. The van der Waals surface area contributed by atoms with Crippen LogP contribution in [0, 0.1) is 9.39 Å². The van der Waals surface area contributed by atoms with Crippen molar-refractivity contribution in [3.05, 3.63) is 84.5 Å². The first-order valence-electron chi connectivity index (χ1n) is 14.2. The zero-order valence-electron chi connectivity index (χ0n) is 23.1. The zero-order valence-corrected chi connectivity index (χ0v) is 25.3. The van der Waals surface area contributed by atoms with Crippen molar-refractivity contribution in [1.29, 1.82) is 0 Å². The second kappa shape index (κ2) is 11.5. The number of alkyl halides is 1. The van der Waals surface area contributed by atoms with Gasteiger partial charge in [-0.25, -0.2) is 4.98 Å². The monoisotopic (exact) mass is 671 g/mol. The number of benzene rings is 1. The van der Waals surface area contributed by atoms with Crippen LogP contribution in [0.1, 0.15) is 74.7 Å². The molecule has 0 radical (unpaired) electrons. The second-order valence-electron chi connectivity index (χ2n) is 11.1. The third-order valence-electron chi connectivity index (χ3n) is 7.84. The Hall–Kier alpha value is -3.35. The van der Waals surface area contributed by atoms with Crippen molar-refractivity contribution in [1.82, 2.24) is 29.0 Å². The fourth-order valence-corrected chi connectivity index (χ4v) is 8.28. The Labute approximate surface area is 247 Å². The topological polar surface area (TPSA) is 104 Å². The summed E-state index contributed by atoms with van der Waals surface area (Å²) >= 11 is -0.263. The van der Waals surface area contributed by atoms with Crippen molar-refractivity contribution < 1.29 is 30.4 Å². The molecular weight excluding hydrogens is 638 g/mol. The molecule has 6 rings (SSSR count). The number of aryl methyl sites for hydroxylation is 2. The molecular formula is C30H33FIN6O3-. The fourth-order valence-electron chi connectivity index (χ4n) is 5.93. The minimum absolute atomic E-state index is 0.0766. The molecule has 9 nitrogen and oxygen atoms in total. The Morgan fingerprint density at radius 3 is 2.68 bits per heavy atom. The number of rotatable bonds is 6. The number of amides is 1. The van der Waals surface area contributed by atoms with Crippen molar-refractivity contribution in [2.24, 2.45) is 0 Å². The summed E-state index contributed by atoms with van der Waals surface area (Å²) < 4.78 is 20.8. The Bertz CT molecular complexity index is 1710. The molecule has 1 N–H and O–H groups in total. The van der Waals surface area contributed by atoms with Crippen LogP contribution in [0.5, 0.6) is 0 Å². The van der Waals surface area contributed by atoms with Crippen LogP contribution in [0.3, 0.4) is 0 Å². The molecule has 3 aromatic heterocycles. The molecule has 216 valence electrons. The molecule has 0 spiro atoms. The van der Waals surface area contributed by atoms with Crippen LogP contribution in [0.25, 0.3) is 16.7 Å². The number of hydrogen-bond acceptors (Lipinski definition) is 5. The third-order valence-corrected chi connectivity index (χ3v) is 10.5. The van der Waals surface area contributed by atoms with E-state index in [0.717, 1.165) is 37.8 Å². The summed E-state index contributed by atoms with van der Waals surface area (Å²) in [6.07, 6.45) is 8.24. The van der Waals surface area contributed by atoms with E-state index >= 15 is 0 Å². The summed E-state index contributed by atoms with van der Waals surface area (Å²) in [7, 11) is 0. The number of carbonyl (C=O) groups excluding carboxylic acids is 1. The second-order valence-corrected chi connectivity index (χ2v) is 15.5. The molecule has 1 amide bonds. The van der Waals surface area contributed by atoms with Gasteiger partial charge in [-0.2, -0.15) is 0 Å². The van der Waals surface area contributed by atoms with Crippen molar-refractivity contribution in [2.45, 2.75) is 81.3 Å². The van der Waals surface area contributed by atoms with Gasteiger partial charge < -0.3 is 4.57 Å². The van der Waals surface area contributed by atoms with Crippen LogP contribution in [0.4, 0.5) is 4.39 Å². The molecule has 1 aliphatic carbocycles. The van der Waals surface area contributed by atoms with E-state index in [2.05, 4.69) is 39.8 Å². The fraction of sp³-hybridized carbons (Fsp3) is 0.433. The van der Waals surface area contributed by atoms with E-state index in [1.54, 1.807) is 0 Å². The van der Waals surface area contributed by atoms with E-state index in [1.165, 1.54) is 18.8 Å². The van der Waals surface area contributed by atoms with Gasteiger partial charge in [0.15, 0.2) is 0 Å². The maximum atomic E-state index is 14.3.